The first kappa shape index (κ1) is 11.1. The molecule has 0 aliphatic carbocycles. The molecule has 0 amide bonds. The van der Waals surface area contributed by atoms with Crippen LogP contribution in [0.3, 0.4) is 0 Å². The number of nitriles is 1. The molecule has 0 heterocycles. The number of hydrogen-bond donors (Lipinski definition) is 1. The Bertz CT molecular complexity index is 342. The molecule has 0 unspecified atom stereocenters. The number of anilines is 1. The summed E-state index contributed by atoms with van der Waals surface area (Å²) in [6.07, 6.45) is 1.49. The Morgan fingerprint density at radius 2 is 2.29 bits per heavy atom. The van der Waals surface area contributed by atoms with Crippen molar-refractivity contribution in [2.75, 3.05) is 11.9 Å². The van der Waals surface area contributed by atoms with Gasteiger partial charge in [0.05, 0.1) is 6.07 Å². The summed E-state index contributed by atoms with van der Waals surface area (Å²) in [4.78, 5) is 0. The maximum absolute atomic E-state index is 8.37. The number of nitrogens with zero attached hydrogens (tertiary/aromatic N) is 1. The summed E-state index contributed by atoms with van der Waals surface area (Å²) in [5.74, 6) is 0. The van der Waals surface area contributed by atoms with Crippen LogP contribution in [0.15, 0.2) is 22.7 Å². The summed E-state index contributed by atoms with van der Waals surface area (Å²) < 4.78 is 1.08. The number of halogens is 1. The van der Waals surface area contributed by atoms with Gasteiger partial charge < -0.3 is 5.32 Å². The fourth-order valence-electron chi connectivity index (χ4n) is 1.15. The Balaban J connectivity index is 2.47. The highest BCUT2D eigenvalue weighted by Gasteiger charge is 1.98. The molecule has 0 aliphatic heterocycles. The highest BCUT2D eigenvalue weighted by atomic mass is 79.9. The van der Waals surface area contributed by atoms with E-state index in [-0.39, 0.29) is 0 Å². The fraction of sp³-hybridized carbons (Fsp3) is 0.364. The zero-order chi connectivity index (χ0) is 10.4. The van der Waals surface area contributed by atoms with Crippen LogP contribution < -0.4 is 5.32 Å². The lowest BCUT2D eigenvalue weighted by molar-refractivity contribution is 0.897. The molecule has 0 spiro atoms. The van der Waals surface area contributed by atoms with Gasteiger partial charge in [-0.3, -0.25) is 0 Å². The van der Waals surface area contributed by atoms with Gasteiger partial charge in [-0.15, -0.1) is 0 Å². The second-order valence-corrected chi connectivity index (χ2v) is 4.03. The predicted octanol–water partition coefficient (Wildman–Crippen LogP) is 3.47. The summed E-state index contributed by atoms with van der Waals surface area (Å²) in [6, 6.07) is 8.32. The first-order valence-corrected chi connectivity index (χ1v) is 5.40. The molecular weight excluding hydrogens is 240 g/mol. The molecule has 0 saturated heterocycles. The van der Waals surface area contributed by atoms with E-state index in [1.54, 1.807) is 0 Å². The third kappa shape index (κ3) is 3.39. The lowest BCUT2D eigenvalue weighted by Gasteiger charge is -2.07. The number of aryl methyl sites for hydroxylation is 1. The standard InChI is InChI=1S/C11H13BrN2/c1-9-4-5-11(10(12)8-9)14-7-3-2-6-13/h4-5,8,14H,2-3,7H2,1H3. The summed E-state index contributed by atoms with van der Waals surface area (Å²) in [5.41, 5.74) is 2.33. The summed E-state index contributed by atoms with van der Waals surface area (Å²) >= 11 is 3.49. The first-order valence-electron chi connectivity index (χ1n) is 4.61. The number of hydrogen-bond acceptors (Lipinski definition) is 2. The van der Waals surface area contributed by atoms with E-state index in [0.29, 0.717) is 6.42 Å². The van der Waals surface area contributed by atoms with Gasteiger partial charge in [-0.25, -0.2) is 0 Å². The third-order valence-corrected chi connectivity index (χ3v) is 2.56. The quantitative estimate of drug-likeness (QED) is 0.834. The molecular formula is C11H13BrN2. The molecule has 2 nitrogen and oxygen atoms in total. The normalized spacial score (nSPS) is 9.50. The molecule has 0 bridgehead atoms. The number of nitrogens with one attached hydrogen (secondary N) is 1. The van der Waals surface area contributed by atoms with Gasteiger partial charge in [0, 0.05) is 23.1 Å². The highest BCUT2D eigenvalue weighted by Crippen LogP contribution is 2.23. The maximum Gasteiger partial charge on any atom is 0.0622 e. The van der Waals surface area contributed by atoms with Gasteiger partial charge in [0.15, 0.2) is 0 Å². The third-order valence-electron chi connectivity index (χ3n) is 1.91. The van der Waals surface area contributed by atoms with Gasteiger partial charge in [0.25, 0.3) is 0 Å². The minimum Gasteiger partial charge on any atom is -0.384 e. The van der Waals surface area contributed by atoms with Crippen molar-refractivity contribution in [2.45, 2.75) is 19.8 Å². The van der Waals surface area contributed by atoms with Crippen molar-refractivity contribution >= 4 is 21.6 Å². The van der Waals surface area contributed by atoms with Crippen LogP contribution in [0.1, 0.15) is 18.4 Å². The molecule has 0 aromatic heterocycles. The number of rotatable bonds is 4. The SMILES string of the molecule is Cc1ccc(NCCCC#N)c(Br)c1. The molecule has 0 atom stereocenters. The second-order valence-electron chi connectivity index (χ2n) is 3.17. The van der Waals surface area contributed by atoms with Crippen molar-refractivity contribution < 1.29 is 0 Å². The van der Waals surface area contributed by atoms with Gasteiger partial charge in [-0.05, 0) is 47.0 Å². The average Bonchev–Trinajstić information content (AvgIpc) is 2.15. The Morgan fingerprint density at radius 1 is 1.50 bits per heavy atom. The van der Waals surface area contributed by atoms with Crippen molar-refractivity contribution in [3.63, 3.8) is 0 Å². The number of benzene rings is 1. The average molecular weight is 253 g/mol. The molecule has 1 aromatic carbocycles. The summed E-state index contributed by atoms with van der Waals surface area (Å²) in [6.45, 7) is 2.90. The molecule has 3 heteroatoms. The maximum atomic E-state index is 8.37. The van der Waals surface area contributed by atoms with Crippen molar-refractivity contribution in [2.24, 2.45) is 0 Å². The first-order chi connectivity index (χ1) is 6.74. The van der Waals surface area contributed by atoms with Crippen molar-refractivity contribution in [3.05, 3.63) is 28.2 Å². The van der Waals surface area contributed by atoms with Crippen LogP contribution >= 0.6 is 15.9 Å². The van der Waals surface area contributed by atoms with Gasteiger partial charge >= 0.3 is 0 Å². The van der Waals surface area contributed by atoms with Crippen LogP contribution in [-0.2, 0) is 0 Å². The van der Waals surface area contributed by atoms with E-state index >= 15 is 0 Å². The highest BCUT2D eigenvalue weighted by molar-refractivity contribution is 9.10. The molecule has 1 rings (SSSR count). The zero-order valence-electron chi connectivity index (χ0n) is 8.18. The molecule has 0 radical (unpaired) electrons. The van der Waals surface area contributed by atoms with Gasteiger partial charge in [0.2, 0.25) is 0 Å². The second kappa shape index (κ2) is 5.66. The van der Waals surface area contributed by atoms with Crippen LogP contribution in [0, 0.1) is 18.3 Å². The van der Waals surface area contributed by atoms with Crippen molar-refractivity contribution in [1.29, 1.82) is 5.26 Å². The molecule has 1 aromatic rings. The monoisotopic (exact) mass is 252 g/mol. The fourth-order valence-corrected chi connectivity index (χ4v) is 1.79. The lowest BCUT2D eigenvalue weighted by atomic mass is 10.2. The molecule has 0 aliphatic rings. The largest absolute Gasteiger partial charge is 0.384 e. The van der Waals surface area contributed by atoms with E-state index in [2.05, 4.69) is 46.4 Å². The van der Waals surface area contributed by atoms with E-state index in [0.717, 1.165) is 23.1 Å². The Morgan fingerprint density at radius 3 is 2.93 bits per heavy atom. The number of unbranched alkanes of at least 4 members (excludes halogenated alkanes) is 1. The molecule has 0 fully saturated rings. The van der Waals surface area contributed by atoms with Crippen LogP contribution in [-0.4, -0.2) is 6.54 Å². The van der Waals surface area contributed by atoms with Gasteiger partial charge in [0.1, 0.15) is 0 Å². The van der Waals surface area contributed by atoms with E-state index in [9.17, 15) is 0 Å². The van der Waals surface area contributed by atoms with E-state index in [1.807, 2.05) is 6.07 Å². The van der Waals surface area contributed by atoms with E-state index in [1.165, 1.54) is 5.56 Å². The predicted molar refractivity (Wildman–Crippen MR) is 62.2 cm³/mol. The molecule has 74 valence electrons. The van der Waals surface area contributed by atoms with Crippen molar-refractivity contribution in [1.82, 2.24) is 0 Å². The van der Waals surface area contributed by atoms with Crippen LogP contribution in [0.4, 0.5) is 5.69 Å². The van der Waals surface area contributed by atoms with E-state index < -0.39 is 0 Å². The van der Waals surface area contributed by atoms with Crippen LogP contribution in [0.25, 0.3) is 0 Å². The van der Waals surface area contributed by atoms with Crippen molar-refractivity contribution in [3.8, 4) is 6.07 Å². The van der Waals surface area contributed by atoms with Gasteiger partial charge in [-0.1, -0.05) is 6.07 Å². The topological polar surface area (TPSA) is 35.8 Å². The van der Waals surface area contributed by atoms with Crippen LogP contribution in [0.5, 0.6) is 0 Å². The lowest BCUT2D eigenvalue weighted by Crippen LogP contribution is -2.01. The zero-order valence-corrected chi connectivity index (χ0v) is 9.76. The van der Waals surface area contributed by atoms with E-state index in [4.69, 9.17) is 5.26 Å². The smallest absolute Gasteiger partial charge is 0.0622 e. The molecule has 1 N–H and O–H groups in total. The molecule has 14 heavy (non-hydrogen) atoms. The molecule has 0 saturated carbocycles. The Kier molecular flexibility index (Phi) is 4.48. The van der Waals surface area contributed by atoms with Gasteiger partial charge in [-0.2, -0.15) is 5.26 Å². The summed E-state index contributed by atoms with van der Waals surface area (Å²) in [7, 11) is 0. The Hall–Kier alpha value is -1.01. The minimum absolute atomic E-state index is 0.608. The Labute approximate surface area is 93.1 Å². The van der Waals surface area contributed by atoms with Crippen LogP contribution in [0.2, 0.25) is 0 Å². The minimum atomic E-state index is 0.608. The summed E-state index contributed by atoms with van der Waals surface area (Å²) in [5, 5.41) is 11.6.